The number of benzene rings is 2. The van der Waals surface area contributed by atoms with Crippen LogP contribution in [0.3, 0.4) is 0 Å². The number of nitrogens with one attached hydrogen (secondary N) is 1. The number of anilines is 2. The van der Waals surface area contributed by atoms with Crippen molar-refractivity contribution in [2.45, 2.75) is 19.5 Å². The summed E-state index contributed by atoms with van der Waals surface area (Å²) in [5.74, 6) is -0.494. The van der Waals surface area contributed by atoms with Gasteiger partial charge in [-0.1, -0.05) is 11.6 Å². The average molecular weight is 481 g/mol. The van der Waals surface area contributed by atoms with Crippen molar-refractivity contribution in [2.24, 2.45) is 11.5 Å². The monoisotopic (exact) mass is 480 g/mol. The van der Waals surface area contributed by atoms with Crippen molar-refractivity contribution in [1.82, 2.24) is 9.97 Å². The standard InChI is InChI=1S/C23H21ClN6O4/c1-12(21(25)32)27-19-9-17(22(26)33)28-23(29-19)13-2-5-16(6-3-13)30-10-14-8-15(24)4-7-18(14)34-11-20(30)31/h2-9,12H,10-11H2,1H3,(H2,25,32)(H2,26,33)(H,27,28,29). The van der Waals surface area contributed by atoms with Gasteiger partial charge in [-0.2, -0.15) is 0 Å². The van der Waals surface area contributed by atoms with Crippen molar-refractivity contribution >= 4 is 40.8 Å². The van der Waals surface area contributed by atoms with E-state index in [0.29, 0.717) is 28.6 Å². The summed E-state index contributed by atoms with van der Waals surface area (Å²) in [5, 5.41) is 3.38. The predicted octanol–water partition coefficient (Wildman–Crippen LogP) is 2.11. The zero-order chi connectivity index (χ0) is 24.4. The van der Waals surface area contributed by atoms with Crippen molar-refractivity contribution in [3.63, 3.8) is 0 Å². The van der Waals surface area contributed by atoms with E-state index in [4.69, 9.17) is 27.8 Å². The summed E-state index contributed by atoms with van der Waals surface area (Å²) >= 11 is 6.11. The van der Waals surface area contributed by atoms with Gasteiger partial charge in [-0.05, 0) is 49.4 Å². The van der Waals surface area contributed by atoms with Gasteiger partial charge in [0.1, 0.15) is 23.3 Å². The van der Waals surface area contributed by atoms with E-state index in [1.165, 1.54) is 6.07 Å². The number of carbonyl (C=O) groups is 3. The van der Waals surface area contributed by atoms with Gasteiger partial charge >= 0.3 is 0 Å². The summed E-state index contributed by atoms with van der Waals surface area (Å²) in [6, 6.07) is 12.8. The molecule has 4 rings (SSSR count). The SMILES string of the molecule is CC(Nc1cc(C(N)=O)nc(-c2ccc(N3Cc4cc(Cl)ccc4OCC3=O)cc2)n1)C(N)=O. The van der Waals surface area contributed by atoms with Crippen molar-refractivity contribution < 1.29 is 19.1 Å². The molecule has 34 heavy (non-hydrogen) atoms. The lowest BCUT2D eigenvalue weighted by Gasteiger charge is -2.20. The quantitative estimate of drug-likeness (QED) is 0.488. The number of amides is 3. The Kier molecular flexibility index (Phi) is 6.33. The summed E-state index contributed by atoms with van der Waals surface area (Å²) in [5.41, 5.74) is 12.7. The first-order chi connectivity index (χ1) is 16.2. The highest BCUT2D eigenvalue weighted by Gasteiger charge is 2.23. The Hall–Kier alpha value is -4.18. The number of fused-ring (bicyclic) bond motifs is 1. The molecule has 1 aliphatic rings. The molecule has 174 valence electrons. The molecule has 1 atom stereocenters. The number of rotatable bonds is 6. The largest absolute Gasteiger partial charge is 0.483 e. The summed E-state index contributed by atoms with van der Waals surface area (Å²) in [6.07, 6.45) is 0. The minimum absolute atomic E-state index is 0.0263. The van der Waals surface area contributed by atoms with Crippen LogP contribution in [-0.4, -0.2) is 40.3 Å². The molecule has 1 aliphatic heterocycles. The molecule has 11 heteroatoms. The van der Waals surface area contributed by atoms with E-state index < -0.39 is 17.9 Å². The number of carbonyl (C=O) groups excluding carboxylic acids is 3. The van der Waals surface area contributed by atoms with E-state index in [1.807, 2.05) is 0 Å². The van der Waals surface area contributed by atoms with Crippen molar-refractivity contribution in [3.8, 4) is 17.1 Å². The second-order valence-electron chi connectivity index (χ2n) is 7.66. The molecule has 2 heterocycles. The van der Waals surface area contributed by atoms with Gasteiger partial charge < -0.3 is 26.4 Å². The van der Waals surface area contributed by atoms with Crippen LogP contribution < -0.4 is 26.4 Å². The fraction of sp³-hybridized carbons (Fsp3) is 0.174. The summed E-state index contributed by atoms with van der Waals surface area (Å²) < 4.78 is 5.60. The predicted molar refractivity (Wildman–Crippen MR) is 126 cm³/mol. The van der Waals surface area contributed by atoms with Gasteiger partial charge in [0.05, 0.1) is 6.54 Å². The number of halogens is 1. The van der Waals surface area contributed by atoms with Crippen LogP contribution in [0, 0.1) is 0 Å². The Morgan fingerprint density at radius 2 is 1.85 bits per heavy atom. The molecule has 0 spiro atoms. The third-order valence-corrected chi connectivity index (χ3v) is 5.45. The maximum absolute atomic E-state index is 12.7. The molecule has 10 nitrogen and oxygen atoms in total. The van der Waals surface area contributed by atoms with Crippen LogP contribution in [0.25, 0.3) is 11.4 Å². The Morgan fingerprint density at radius 1 is 1.12 bits per heavy atom. The highest BCUT2D eigenvalue weighted by molar-refractivity contribution is 6.30. The lowest BCUT2D eigenvalue weighted by Crippen LogP contribution is -2.33. The van der Waals surface area contributed by atoms with E-state index in [0.717, 1.165) is 5.56 Å². The van der Waals surface area contributed by atoms with Gasteiger partial charge in [-0.15, -0.1) is 0 Å². The molecular formula is C23H21ClN6O4. The van der Waals surface area contributed by atoms with E-state index in [9.17, 15) is 14.4 Å². The fourth-order valence-electron chi connectivity index (χ4n) is 3.38. The van der Waals surface area contributed by atoms with Crippen molar-refractivity contribution in [3.05, 3.63) is 64.8 Å². The molecule has 2 aromatic carbocycles. The number of hydrogen-bond acceptors (Lipinski definition) is 7. The zero-order valence-corrected chi connectivity index (χ0v) is 18.9. The van der Waals surface area contributed by atoms with Crippen LogP contribution >= 0.6 is 11.6 Å². The van der Waals surface area contributed by atoms with Crippen LogP contribution in [0.1, 0.15) is 23.0 Å². The van der Waals surface area contributed by atoms with Crippen LogP contribution in [0.4, 0.5) is 11.5 Å². The number of aromatic nitrogens is 2. The van der Waals surface area contributed by atoms with E-state index >= 15 is 0 Å². The van der Waals surface area contributed by atoms with Gasteiger partial charge in [-0.3, -0.25) is 14.4 Å². The molecule has 0 fully saturated rings. The van der Waals surface area contributed by atoms with E-state index in [-0.39, 0.29) is 29.9 Å². The minimum Gasteiger partial charge on any atom is -0.483 e. The highest BCUT2D eigenvalue weighted by Crippen LogP contribution is 2.30. The van der Waals surface area contributed by atoms with E-state index in [2.05, 4.69) is 15.3 Å². The number of primary amides is 2. The van der Waals surface area contributed by atoms with Gasteiger partial charge in [0.2, 0.25) is 5.91 Å². The summed E-state index contributed by atoms with van der Waals surface area (Å²) in [6.45, 7) is 1.75. The Morgan fingerprint density at radius 3 is 2.53 bits per heavy atom. The van der Waals surface area contributed by atoms with Gasteiger partial charge in [0.25, 0.3) is 11.8 Å². The number of nitrogens with two attached hydrogens (primary N) is 2. The average Bonchev–Trinajstić information content (AvgIpc) is 2.97. The highest BCUT2D eigenvalue weighted by atomic mass is 35.5. The lowest BCUT2D eigenvalue weighted by atomic mass is 10.1. The third kappa shape index (κ3) is 4.91. The number of hydrogen-bond donors (Lipinski definition) is 3. The van der Waals surface area contributed by atoms with Crippen LogP contribution in [0.15, 0.2) is 48.5 Å². The molecule has 1 unspecified atom stereocenters. The third-order valence-electron chi connectivity index (χ3n) is 5.21. The Balaban J connectivity index is 1.64. The molecule has 5 N–H and O–H groups in total. The summed E-state index contributed by atoms with van der Waals surface area (Å²) in [4.78, 5) is 46.0. The minimum atomic E-state index is -0.748. The van der Waals surface area contributed by atoms with Crippen LogP contribution in [-0.2, 0) is 16.1 Å². The van der Waals surface area contributed by atoms with Crippen LogP contribution in [0.5, 0.6) is 5.75 Å². The molecule has 0 aliphatic carbocycles. The van der Waals surface area contributed by atoms with Crippen molar-refractivity contribution in [2.75, 3.05) is 16.8 Å². The fourth-order valence-corrected chi connectivity index (χ4v) is 3.58. The van der Waals surface area contributed by atoms with Gasteiger partial charge in [0, 0.05) is 27.9 Å². The van der Waals surface area contributed by atoms with Crippen LogP contribution in [0.2, 0.25) is 5.02 Å². The first-order valence-electron chi connectivity index (χ1n) is 10.3. The molecule has 0 saturated carbocycles. The normalized spacial score (nSPS) is 13.9. The first kappa shape index (κ1) is 23.0. The molecule has 3 aromatic rings. The second-order valence-corrected chi connectivity index (χ2v) is 8.10. The molecule has 3 amide bonds. The second kappa shape index (κ2) is 9.36. The molecule has 1 aromatic heterocycles. The smallest absolute Gasteiger partial charge is 0.267 e. The maximum Gasteiger partial charge on any atom is 0.267 e. The molecular weight excluding hydrogens is 460 g/mol. The zero-order valence-electron chi connectivity index (χ0n) is 18.1. The lowest BCUT2D eigenvalue weighted by molar-refractivity contribution is -0.120. The topological polar surface area (TPSA) is 154 Å². The van der Waals surface area contributed by atoms with Gasteiger partial charge in [-0.25, -0.2) is 9.97 Å². The molecule has 0 bridgehead atoms. The number of ether oxygens (including phenoxy) is 1. The van der Waals surface area contributed by atoms with Gasteiger partial charge in [0.15, 0.2) is 12.4 Å². The van der Waals surface area contributed by atoms with Crippen molar-refractivity contribution in [1.29, 1.82) is 0 Å². The van der Waals surface area contributed by atoms with E-state index in [1.54, 1.807) is 54.3 Å². The maximum atomic E-state index is 12.7. The number of nitrogens with zero attached hydrogens (tertiary/aromatic N) is 3. The Labute approximate surface area is 199 Å². The summed E-state index contributed by atoms with van der Waals surface area (Å²) in [7, 11) is 0. The Bertz CT molecular complexity index is 1280. The molecule has 0 saturated heterocycles. The first-order valence-corrected chi connectivity index (χ1v) is 10.7. The molecule has 0 radical (unpaired) electrons.